The van der Waals surface area contributed by atoms with Gasteiger partial charge < -0.3 is 10.4 Å². The molecule has 0 aliphatic rings. The normalized spacial score (nSPS) is 12.5. The number of benzene rings is 1. The number of phenols is 1. The molecule has 2 N–H and O–H groups in total. The van der Waals surface area contributed by atoms with Crippen LogP contribution in [0.2, 0.25) is 0 Å². The van der Waals surface area contributed by atoms with Gasteiger partial charge in [-0.1, -0.05) is 19.1 Å². The van der Waals surface area contributed by atoms with Crippen LogP contribution in [0.15, 0.2) is 30.5 Å². The van der Waals surface area contributed by atoms with Gasteiger partial charge in [0, 0.05) is 31.4 Å². The lowest BCUT2D eigenvalue weighted by Crippen LogP contribution is -2.26. The van der Waals surface area contributed by atoms with Crippen LogP contribution in [-0.4, -0.2) is 20.9 Å². The molecule has 2 aromatic rings. The SMILES string of the molecule is CCc1nn(C)cc1CNC(C)CCc1ccc(O)cc1. The topological polar surface area (TPSA) is 50.1 Å². The number of nitrogens with zero attached hydrogens (tertiary/aromatic N) is 2. The van der Waals surface area contributed by atoms with Crippen LogP contribution in [-0.2, 0) is 26.4 Å². The van der Waals surface area contributed by atoms with Gasteiger partial charge in [-0.2, -0.15) is 5.10 Å². The largest absolute Gasteiger partial charge is 0.508 e. The van der Waals surface area contributed by atoms with Crippen LogP contribution in [0.25, 0.3) is 0 Å². The van der Waals surface area contributed by atoms with E-state index in [1.54, 1.807) is 12.1 Å². The van der Waals surface area contributed by atoms with Crippen molar-refractivity contribution >= 4 is 0 Å². The number of aromatic hydroxyl groups is 1. The van der Waals surface area contributed by atoms with Crippen LogP contribution in [0.5, 0.6) is 5.75 Å². The molecule has 0 fully saturated rings. The molecule has 4 nitrogen and oxygen atoms in total. The highest BCUT2D eigenvalue weighted by molar-refractivity contribution is 5.26. The third kappa shape index (κ3) is 4.60. The predicted molar refractivity (Wildman–Crippen MR) is 85.3 cm³/mol. The van der Waals surface area contributed by atoms with Crippen molar-refractivity contribution in [3.8, 4) is 5.75 Å². The lowest BCUT2D eigenvalue weighted by Gasteiger charge is -2.13. The molecular formula is C17H25N3O. The Balaban J connectivity index is 1.79. The summed E-state index contributed by atoms with van der Waals surface area (Å²) in [4.78, 5) is 0. The molecule has 1 aromatic carbocycles. The van der Waals surface area contributed by atoms with Crippen molar-refractivity contribution in [1.82, 2.24) is 15.1 Å². The number of hydrogen-bond donors (Lipinski definition) is 2. The summed E-state index contributed by atoms with van der Waals surface area (Å²) in [7, 11) is 1.97. The number of aryl methyl sites for hydroxylation is 3. The average molecular weight is 287 g/mol. The van der Waals surface area contributed by atoms with Crippen molar-refractivity contribution < 1.29 is 5.11 Å². The van der Waals surface area contributed by atoms with Crippen molar-refractivity contribution in [1.29, 1.82) is 0 Å². The monoisotopic (exact) mass is 287 g/mol. The molecule has 114 valence electrons. The zero-order valence-electron chi connectivity index (χ0n) is 13.1. The van der Waals surface area contributed by atoms with E-state index in [1.165, 1.54) is 16.8 Å². The van der Waals surface area contributed by atoms with E-state index < -0.39 is 0 Å². The van der Waals surface area contributed by atoms with Crippen LogP contribution in [0.3, 0.4) is 0 Å². The van der Waals surface area contributed by atoms with Gasteiger partial charge >= 0.3 is 0 Å². The molecule has 1 aromatic heterocycles. The Kier molecular flexibility index (Phi) is 5.39. The maximum absolute atomic E-state index is 9.28. The Hall–Kier alpha value is -1.81. The molecule has 0 saturated carbocycles. The molecule has 0 radical (unpaired) electrons. The van der Waals surface area contributed by atoms with Gasteiger partial charge in [0.1, 0.15) is 5.75 Å². The molecule has 1 heterocycles. The van der Waals surface area contributed by atoms with Gasteiger partial charge in [0.25, 0.3) is 0 Å². The minimum atomic E-state index is 0.327. The molecule has 0 spiro atoms. The van der Waals surface area contributed by atoms with Crippen LogP contribution in [0.4, 0.5) is 0 Å². The Morgan fingerprint density at radius 3 is 2.67 bits per heavy atom. The molecule has 1 atom stereocenters. The Bertz CT molecular complexity index is 560. The van der Waals surface area contributed by atoms with Gasteiger partial charge in [-0.3, -0.25) is 4.68 Å². The highest BCUT2D eigenvalue weighted by Crippen LogP contribution is 2.12. The van der Waals surface area contributed by atoms with E-state index in [-0.39, 0.29) is 0 Å². The number of aromatic nitrogens is 2. The second kappa shape index (κ2) is 7.27. The van der Waals surface area contributed by atoms with Crippen LogP contribution in [0, 0.1) is 0 Å². The highest BCUT2D eigenvalue weighted by atomic mass is 16.3. The van der Waals surface area contributed by atoms with Crippen molar-refractivity contribution in [2.45, 2.75) is 45.7 Å². The molecule has 0 aliphatic carbocycles. The van der Waals surface area contributed by atoms with Crippen molar-refractivity contribution in [3.63, 3.8) is 0 Å². The Morgan fingerprint density at radius 1 is 1.29 bits per heavy atom. The zero-order valence-corrected chi connectivity index (χ0v) is 13.1. The molecule has 4 heteroatoms. The number of rotatable bonds is 7. The van der Waals surface area contributed by atoms with Gasteiger partial charge in [0.15, 0.2) is 0 Å². The second-order valence-electron chi connectivity index (χ2n) is 5.62. The molecule has 21 heavy (non-hydrogen) atoms. The highest BCUT2D eigenvalue weighted by Gasteiger charge is 2.08. The van der Waals surface area contributed by atoms with Gasteiger partial charge in [-0.15, -0.1) is 0 Å². The standard InChI is InChI=1S/C17H25N3O/c1-4-17-15(12-20(3)19-17)11-18-13(2)5-6-14-7-9-16(21)10-8-14/h7-10,12-13,18,21H,4-6,11H2,1-3H3. The summed E-state index contributed by atoms with van der Waals surface area (Å²) in [6.07, 6.45) is 5.16. The molecule has 0 amide bonds. The summed E-state index contributed by atoms with van der Waals surface area (Å²) in [5.41, 5.74) is 3.73. The third-order valence-electron chi connectivity index (χ3n) is 3.77. The predicted octanol–water partition coefficient (Wildman–Crippen LogP) is 2.80. The number of nitrogens with one attached hydrogen (secondary N) is 1. The maximum Gasteiger partial charge on any atom is 0.115 e. The summed E-state index contributed by atoms with van der Waals surface area (Å²) in [5.74, 6) is 0.327. The molecule has 0 aliphatic heterocycles. The summed E-state index contributed by atoms with van der Waals surface area (Å²) in [6.45, 7) is 5.22. The van der Waals surface area contributed by atoms with Crippen molar-refractivity contribution in [2.24, 2.45) is 7.05 Å². The van der Waals surface area contributed by atoms with E-state index in [1.807, 2.05) is 23.9 Å². The van der Waals surface area contributed by atoms with Crippen LogP contribution in [0.1, 0.15) is 37.1 Å². The fourth-order valence-electron chi connectivity index (χ4n) is 2.46. The molecular weight excluding hydrogens is 262 g/mol. The van der Waals surface area contributed by atoms with E-state index in [0.29, 0.717) is 11.8 Å². The zero-order chi connectivity index (χ0) is 15.2. The quantitative estimate of drug-likeness (QED) is 0.823. The van der Waals surface area contributed by atoms with E-state index in [9.17, 15) is 5.11 Å². The van der Waals surface area contributed by atoms with Gasteiger partial charge in [-0.05, 0) is 43.9 Å². The summed E-state index contributed by atoms with van der Waals surface area (Å²) < 4.78 is 1.89. The van der Waals surface area contributed by atoms with E-state index in [4.69, 9.17) is 0 Å². The molecule has 2 rings (SSSR count). The first-order chi connectivity index (χ1) is 10.1. The lowest BCUT2D eigenvalue weighted by molar-refractivity contribution is 0.474. The van der Waals surface area contributed by atoms with Crippen molar-refractivity contribution in [2.75, 3.05) is 0 Å². The second-order valence-corrected chi connectivity index (χ2v) is 5.62. The number of hydrogen-bond acceptors (Lipinski definition) is 3. The lowest BCUT2D eigenvalue weighted by atomic mass is 10.1. The summed E-state index contributed by atoms with van der Waals surface area (Å²) >= 11 is 0. The first-order valence-corrected chi connectivity index (χ1v) is 7.61. The molecule has 0 saturated heterocycles. The van der Waals surface area contributed by atoms with E-state index in [2.05, 4.69) is 30.5 Å². The average Bonchev–Trinajstić information content (AvgIpc) is 2.84. The van der Waals surface area contributed by atoms with Crippen molar-refractivity contribution in [3.05, 3.63) is 47.3 Å². The maximum atomic E-state index is 9.28. The Morgan fingerprint density at radius 2 is 2.00 bits per heavy atom. The minimum absolute atomic E-state index is 0.327. The fraction of sp³-hybridized carbons (Fsp3) is 0.471. The van der Waals surface area contributed by atoms with Gasteiger partial charge in [0.2, 0.25) is 0 Å². The molecule has 1 unspecified atom stereocenters. The van der Waals surface area contributed by atoms with Gasteiger partial charge in [-0.25, -0.2) is 0 Å². The number of phenolic OH excluding ortho intramolecular Hbond substituents is 1. The summed E-state index contributed by atoms with van der Waals surface area (Å²) in [5, 5.41) is 17.3. The first-order valence-electron chi connectivity index (χ1n) is 7.61. The fourth-order valence-corrected chi connectivity index (χ4v) is 2.46. The molecule has 0 bridgehead atoms. The smallest absolute Gasteiger partial charge is 0.115 e. The van der Waals surface area contributed by atoms with Gasteiger partial charge in [0.05, 0.1) is 5.69 Å². The third-order valence-corrected chi connectivity index (χ3v) is 3.77. The minimum Gasteiger partial charge on any atom is -0.508 e. The van der Waals surface area contributed by atoms with Crippen LogP contribution < -0.4 is 5.32 Å². The Labute approximate surface area is 126 Å². The van der Waals surface area contributed by atoms with E-state index >= 15 is 0 Å². The van der Waals surface area contributed by atoms with Crippen LogP contribution >= 0.6 is 0 Å². The summed E-state index contributed by atoms with van der Waals surface area (Å²) in [6, 6.07) is 7.91. The van der Waals surface area contributed by atoms with E-state index in [0.717, 1.165) is 25.8 Å². The first kappa shape index (κ1) is 15.6.